The molecule has 0 radical (unpaired) electrons. The van der Waals surface area contributed by atoms with Crippen molar-refractivity contribution in [1.29, 1.82) is 0 Å². The van der Waals surface area contributed by atoms with Crippen LogP contribution in [0, 0.1) is 6.92 Å². The van der Waals surface area contributed by atoms with Gasteiger partial charge in [-0.2, -0.15) is 5.10 Å². The van der Waals surface area contributed by atoms with Gasteiger partial charge in [0.1, 0.15) is 6.04 Å². The third kappa shape index (κ3) is 2.74. The molecule has 0 unspecified atom stereocenters. The summed E-state index contributed by atoms with van der Waals surface area (Å²) in [5.74, 6) is 1.52. The van der Waals surface area contributed by atoms with Crippen molar-refractivity contribution in [3.63, 3.8) is 0 Å². The number of hydrogen-bond acceptors (Lipinski definition) is 5. The van der Waals surface area contributed by atoms with Gasteiger partial charge in [-0.05, 0) is 38.7 Å². The Morgan fingerprint density at radius 2 is 2.12 bits per heavy atom. The summed E-state index contributed by atoms with van der Waals surface area (Å²) >= 11 is 0. The van der Waals surface area contributed by atoms with E-state index in [-0.39, 0.29) is 18.7 Å². The molecule has 1 aromatic heterocycles. The molecule has 1 amide bonds. The first-order chi connectivity index (χ1) is 12.0. The molecule has 4 rings (SSSR count). The van der Waals surface area contributed by atoms with E-state index in [1.165, 1.54) is 0 Å². The highest BCUT2D eigenvalue weighted by atomic mass is 16.7. The summed E-state index contributed by atoms with van der Waals surface area (Å²) < 4.78 is 10.8. The number of carbonyl (C=O) groups is 1. The quantitative estimate of drug-likeness (QED) is 0.918. The molecule has 25 heavy (non-hydrogen) atoms. The Bertz CT molecular complexity index is 815. The van der Waals surface area contributed by atoms with Gasteiger partial charge in [-0.1, -0.05) is 6.07 Å². The van der Waals surface area contributed by atoms with Gasteiger partial charge in [0, 0.05) is 30.8 Å². The van der Waals surface area contributed by atoms with Crippen LogP contribution in [0.15, 0.2) is 18.2 Å². The molecule has 0 fully saturated rings. The fourth-order valence-corrected chi connectivity index (χ4v) is 3.54. The fourth-order valence-electron chi connectivity index (χ4n) is 3.54. The number of nitrogens with zero attached hydrogens (tertiary/aromatic N) is 3. The Morgan fingerprint density at radius 3 is 2.92 bits per heavy atom. The van der Waals surface area contributed by atoms with Crippen molar-refractivity contribution in [1.82, 2.24) is 20.0 Å². The second-order valence-corrected chi connectivity index (χ2v) is 6.76. The molecule has 2 aliphatic rings. The monoisotopic (exact) mass is 342 g/mol. The Balaban J connectivity index is 1.61. The maximum absolute atomic E-state index is 13.3. The van der Waals surface area contributed by atoms with Gasteiger partial charge in [0.2, 0.25) is 12.7 Å². The first-order valence-electron chi connectivity index (χ1n) is 8.42. The van der Waals surface area contributed by atoms with Crippen LogP contribution in [0.4, 0.5) is 0 Å². The molecule has 7 heteroatoms. The number of aromatic nitrogens is 2. The smallest absolute Gasteiger partial charge is 0.244 e. The van der Waals surface area contributed by atoms with Gasteiger partial charge in [-0.3, -0.25) is 14.8 Å². The van der Waals surface area contributed by atoms with E-state index < -0.39 is 0 Å². The van der Waals surface area contributed by atoms with E-state index in [4.69, 9.17) is 9.47 Å². The van der Waals surface area contributed by atoms with Gasteiger partial charge in [-0.15, -0.1) is 0 Å². The Morgan fingerprint density at radius 1 is 1.32 bits per heavy atom. The van der Waals surface area contributed by atoms with Crippen molar-refractivity contribution >= 4 is 5.91 Å². The number of fused-ring (bicyclic) bond motifs is 2. The zero-order chi connectivity index (χ0) is 17.6. The second kappa shape index (κ2) is 6.07. The first kappa shape index (κ1) is 16.0. The molecule has 3 heterocycles. The molecule has 2 aliphatic heterocycles. The van der Waals surface area contributed by atoms with Gasteiger partial charge in [-0.25, -0.2) is 0 Å². The molecule has 0 bridgehead atoms. The van der Waals surface area contributed by atoms with E-state index in [1.54, 1.807) is 0 Å². The van der Waals surface area contributed by atoms with Crippen LogP contribution in [0.3, 0.4) is 0 Å². The maximum Gasteiger partial charge on any atom is 0.244 e. The van der Waals surface area contributed by atoms with Crippen molar-refractivity contribution < 1.29 is 14.3 Å². The van der Waals surface area contributed by atoms with E-state index >= 15 is 0 Å². The van der Waals surface area contributed by atoms with Crippen LogP contribution in [-0.2, 0) is 17.8 Å². The summed E-state index contributed by atoms with van der Waals surface area (Å²) in [5, 5.41) is 7.35. The standard InChI is InChI=1S/C18H22N4O3/c1-11-13-9-22(7-6-14(13)20-19-11)18(23)17(21(2)3)12-4-5-15-16(8-12)25-10-24-15/h4-5,8,17H,6-7,9-10H2,1-3H3,(H,19,20)/t17-/m0/s1. The molecule has 1 aromatic carbocycles. The second-order valence-electron chi connectivity index (χ2n) is 6.76. The van der Waals surface area contributed by atoms with E-state index in [1.807, 2.05) is 49.0 Å². The first-order valence-corrected chi connectivity index (χ1v) is 8.42. The van der Waals surface area contributed by atoms with E-state index in [0.717, 1.165) is 34.7 Å². The minimum absolute atomic E-state index is 0.0927. The van der Waals surface area contributed by atoms with Gasteiger partial charge < -0.3 is 14.4 Å². The number of nitrogens with one attached hydrogen (secondary N) is 1. The van der Waals surface area contributed by atoms with Gasteiger partial charge in [0.15, 0.2) is 11.5 Å². The number of likely N-dealkylation sites (N-methyl/N-ethyl adjacent to an activating group) is 1. The molecule has 0 aliphatic carbocycles. The molecule has 1 atom stereocenters. The van der Waals surface area contributed by atoms with Gasteiger partial charge in [0.05, 0.1) is 5.69 Å². The zero-order valence-electron chi connectivity index (χ0n) is 14.7. The van der Waals surface area contributed by atoms with Gasteiger partial charge >= 0.3 is 0 Å². The normalized spacial score (nSPS) is 16.9. The molecular formula is C18H22N4O3. The van der Waals surface area contributed by atoms with Crippen LogP contribution >= 0.6 is 0 Å². The number of aryl methyl sites for hydroxylation is 1. The van der Waals surface area contributed by atoms with E-state index in [2.05, 4.69) is 10.2 Å². The number of H-pyrrole nitrogens is 1. The van der Waals surface area contributed by atoms with Crippen LogP contribution in [-0.4, -0.2) is 53.3 Å². The summed E-state index contributed by atoms with van der Waals surface area (Å²) in [5.41, 5.74) is 4.17. The lowest BCUT2D eigenvalue weighted by molar-refractivity contribution is -0.137. The third-order valence-electron chi connectivity index (χ3n) is 4.90. The summed E-state index contributed by atoms with van der Waals surface area (Å²) in [4.78, 5) is 17.1. The lowest BCUT2D eigenvalue weighted by Gasteiger charge is -2.33. The minimum atomic E-state index is -0.358. The number of carbonyl (C=O) groups excluding carboxylic acids is 1. The number of hydrogen-bond donors (Lipinski definition) is 1. The third-order valence-corrected chi connectivity index (χ3v) is 4.90. The zero-order valence-corrected chi connectivity index (χ0v) is 14.7. The Labute approximate surface area is 146 Å². The summed E-state index contributed by atoms with van der Waals surface area (Å²) in [6, 6.07) is 5.36. The largest absolute Gasteiger partial charge is 0.454 e. The SMILES string of the molecule is Cc1[nH]nc2c1CN(C(=O)[C@H](c1ccc3c(c1)OCO3)N(C)C)CC2. The van der Waals surface area contributed by atoms with Crippen molar-refractivity contribution in [2.45, 2.75) is 25.9 Å². The Kier molecular flexibility index (Phi) is 3.88. The van der Waals surface area contributed by atoms with E-state index in [0.29, 0.717) is 18.8 Å². The molecule has 2 aromatic rings. The van der Waals surface area contributed by atoms with E-state index in [9.17, 15) is 4.79 Å². The van der Waals surface area contributed by atoms with Crippen LogP contribution < -0.4 is 9.47 Å². The molecule has 132 valence electrons. The van der Waals surface area contributed by atoms with Crippen LogP contribution in [0.25, 0.3) is 0 Å². The van der Waals surface area contributed by atoms with Crippen molar-refractivity contribution in [2.75, 3.05) is 27.4 Å². The highest BCUT2D eigenvalue weighted by Crippen LogP contribution is 2.36. The average molecular weight is 342 g/mol. The number of aromatic amines is 1. The summed E-state index contributed by atoms with van der Waals surface area (Å²) in [6.07, 6.45) is 0.784. The molecular weight excluding hydrogens is 320 g/mol. The summed E-state index contributed by atoms with van der Waals surface area (Å²) in [6.45, 7) is 3.52. The van der Waals surface area contributed by atoms with Crippen LogP contribution in [0.5, 0.6) is 11.5 Å². The van der Waals surface area contributed by atoms with Crippen molar-refractivity contribution in [2.24, 2.45) is 0 Å². The van der Waals surface area contributed by atoms with Crippen molar-refractivity contribution in [3.05, 3.63) is 40.7 Å². The predicted molar refractivity (Wildman–Crippen MR) is 91.4 cm³/mol. The maximum atomic E-state index is 13.3. The van der Waals surface area contributed by atoms with Crippen LogP contribution in [0.2, 0.25) is 0 Å². The Hall–Kier alpha value is -2.54. The average Bonchev–Trinajstić information content (AvgIpc) is 3.21. The minimum Gasteiger partial charge on any atom is -0.454 e. The highest BCUT2D eigenvalue weighted by Gasteiger charge is 2.32. The number of rotatable bonds is 3. The van der Waals surface area contributed by atoms with Gasteiger partial charge in [0.25, 0.3) is 0 Å². The fraction of sp³-hybridized carbons (Fsp3) is 0.444. The number of benzene rings is 1. The lowest BCUT2D eigenvalue weighted by atomic mass is 10.0. The summed E-state index contributed by atoms with van der Waals surface area (Å²) in [7, 11) is 3.84. The molecule has 7 nitrogen and oxygen atoms in total. The molecule has 0 saturated carbocycles. The molecule has 0 spiro atoms. The lowest BCUT2D eigenvalue weighted by Crippen LogP contribution is -2.43. The predicted octanol–water partition coefficient (Wildman–Crippen LogP) is 1.63. The number of amides is 1. The molecule has 0 saturated heterocycles. The topological polar surface area (TPSA) is 70.7 Å². The molecule has 1 N–H and O–H groups in total. The van der Waals surface area contributed by atoms with Crippen molar-refractivity contribution in [3.8, 4) is 11.5 Å². The van der Waals surface area contributed by atoms with Crippen LogP contribution in [0.1, 0.15) is 28.6 Å². The number of ether oxygens (including phenoxy) is 2. The highest BCUT2D eigenvalue weighted by molar-refractivity contribution is 5.84.